The van der Waals surface area contributed by atoms with Gasteiger partial charge in [0.05, 0.1) is 13.2 Å². The van der Waals surface area contributed by atoms with E-state index in [0.29, 0.717) is 0 Å². The largest absolute Gasteiger partial charge is 0.481 e. The van der Waals surface area contributed by atoms with Gasteiger partial charge in [-0.2, -0.15) is 0 Å². The summed E-state index contributed by atoms with van der Waals surface area (Å²) < 4.78 is 0. The smallest absolute Gasteiger partial charge is 0.300 e. The third kappa shape index (κ3) is 29.3. The van der Waals surface area contributed by atoms with Crippen molar-refractivity contribution in [2.45, 2.75) is 66.2 Å². The first kappa shape index (κ1) is 23.9. The Balaban J connectivity index is 0. The molecule has 1 heterocycles. The van der Waals surface area contributed by atoms with Gasteiger partial charge in [0.25, 0.3) is 5.97 Å². The van der Waals surface area contributed by atoms with E-state index in [9.17, 15) is 0 Å². The Hall–Kier alpha value is -1.39. The van der Waals surface area contributed by atoms with E-state index in [0.717, 1.165) is 33.0 Å². The molecule has 1 saturated heterocycles. The Morgan fingerprint density at radius 3 is 1.57 bits per heavy atom. The number of hydrogen-bond donors (Lipinski definition) is 1. The van der Waals surface area contributed by atoms with Gasteiger partial charge < -0.3 is 5.11 Å². The molecule has 0 amide bonds. The zero-order chi connectivity index (χ0) is 17.8. The second kappa shape index (κ2) is 20.6. The van der Waals surface area contributed by atoms with Crippen LogP contribution in [0, 0.1) is 6.92 Å². The quantitative estimate of drug-likeness (QED) is 0.597. The van der Waals surface area contributed by atoms with E-state index in [-0.39, 0.29) is 0 Å². The van der Waals surface area contributed by atoms with Crippen LogP contribution < -0.4 is 0 Å². The molecule has 4 heteroatoms. The Morgan fingerprint density at radius 2 is 1.39 bits per heavy atom. The second-order valence-electron chi connectivity index (χ2n) is 5.23. The highest BCUT2D eigenvalue weighted by Crippen LogP contribution is 1.98. The Bertz CT molecular complexity index is 315. The number of hydrogen-bond acceptors (Lipinski definition) is 3. The molecule has 1 fully saturated rings. The van der Waals surface area contributed by atoms with Crippen LogP contribution in [-0.4, -0.2) is 24.3 Å². The van der Waals surface area contributed by atoms with E-state index in [2.05, 4.69) is 42.7 Å². The van der Waals surface area contributed by atoms with E-state index >= 15 is 0 Å². The number of carbonyl (C=O) groups is 1. The van der Waals surface area contributed by atoms with Crippen molar-refractivity contribution in [2.24, 2.45) is 0 Å². The minimum Gasteiger partial charge on any atom is -0.481 e. The Morgan fingerprint density at radius 1 is 1.00 bits per heavy atom. The minimum absolute atomic E-state index is 0.778. The molecule has 2 rings (SSSR count). The second-order valence-corrected chi connectivity index (χ2v) is 5.23. The molecule has 1 aliphatic rings. The monoisotopic (exact) mass is 326 g/mol. The number of aryl methyl sites for hydroxylation is 1. The van der Waals surface area contributed by atoms with Gasteiger partial charge in [-0.25, -0.2) is 9.78 Å². The third-order valence-electron chi connectivity index (χ3n) is 2.69. The molecule has 0 bridgehead atoms. The van der Waals surface area contributed by atoms with Crippen molar-refractivity contribution < 1.29 is 19.7 Å². The summed E-state index contributed by atoms with van der Waals surface area (Å²) in [4.78, 5) is 18.1. The van der Waals surface area contributed by atoms with Gasteiger partial charge in [-0.05, 0) is 19.8 Å². The van der Waals surface area contributed by atoms with Crippen LogP contribution in [0.15, 0.2) is 30.3 Å². The summed E-state index contributed by atoms with van der Waals surface area (Å²) in [5.41, 5.74) is 1.32. The van der Waals surface area contributed by atoms with Crippen LogP contribution in [0.2, 0.25) is 0 Å². The number of carboxylic acids is 1. The van der Waals surface area contributed by atoms with E-state index in [1.165, 1.54) is 31.2 Å². The molecule has 1 aromatic rings. The van der Waals surface area contributed by atoms with Crippen LogP contribution in [0.3, 0.4) is 0 Å². The fourth-order valence-electron chi connectivity index (χ4n) is 1.47. The highest BCUT2D eigenvalue weighted by Gasteiger charge is 1.95. The number of aliphatic carboxylic acids is 1. The Labute approximate surface area is 141 Å². The first-order valence-electron chi connectivity index (χ1n) is 8.50. The molecule has 134 valence electrons. The van der Waals surface area contributed by atoms with Crippen LogP contribution in [0.25, 0.3) is 0 Å². The zero-order valence-corrected chi connectivity index (χ0v) is 15.2. The Kier molecular flexibility index (Phi) is 21.4. The van der Waals surface area contributed by atoms with E-state index in [4.69, 9.17) is 9.90 Å². The normalized spacial score (nSPS) is 12.3. The predicted octanol–water partition coefficient (Wildman–Crippen LogP) is 5.40. The van der Waals surface area contributed by atoms with Gasteiger partial charge in [-0.1, -0.05) is 75.4 Å². The standard InChI is InChI=1S/C7H8.C6H14.C4H8O2.C2H4O2/c1-7-5-3-2-4-6-7;1-3-5-6-4-2;1-2-4-6-5-3-1;1-2(3)4/h2-6H,1H3;3-6H2,1-2H3;1-4H2;1H3,(H,3,4). The first-order valence-corrected chi connectivity index (χ1v) is 8.50. The highest BCUT2D eigenvalue weighted by atomic mass is 17.2. The van der Waals surface area contributed by atoms with Crippen LogP contribution in [0.4, 0.5) is 0 Å². The van der Waals surface area contributed by atoms with E-state index in [1.54, 1.807) is 0 Å². The lowest BCUT2D eigenvalue weighted by atomic mass is 10.2. The predicted molar refractivity (Wildman–Crippen MR) is 95.4 cm³/mol. The van der Waals surface area contributed by atoms with Crippen molar-refractivity contribution >= 4 is 5.97 Å². The number of carboxylic acid groups (broad SMARTS) is 1. The zero-order valence-electron chi connectivity index (χ0n) is 15.2. The van der Waals surface area contributed by atoms with Crippen molar-refractivity contribution in [3.8, 4) is 0 Å². The summed E-state index contributed by atoms with van der Waals surface area (Å²) in [6.45, 7) is 9.19. The number of rotatable bonds is 3. The van der Waals surface area contributed by atoms with Crippen LogP contribution in [0.5, 0.6) is 0 Å². The summed E-state index contributed by atoms with van der Waals surface area (Å²) in [6.07, 6.45) is 7.84. The molecule has 0 saturated carbocycles. The maximum atomic E-state index is 9.00. The SMILES string of the molecule is C1CCOOC1.CC(=O)O.CCCCCC.Cc1ccccc1. The molecule has 0 unspecified atom stereocenters. The van der Waals surface area contributed by atoms with Crippen molar-refractivity contribution in [1.29, 1.82) is 0 Å². The fourth-order valence-corrected chi connectivity index (χ4v) is 1.47. The van der Waals surface area contributed by atoms with E-state index in [1.807, 2.05) is 18.2 Å². The summed E-state index contributed by atoms with van der Waals surface area (Å²) in [5, 5.41) is 7.42. The lowest BCUT2D eigenvalue weighted by Gasteiger charge is -2.07. The van der Waals surface area contributed by atoms with Crippen LogP contribution >= 0.6 is 0 Å². The molecule has 0 spiro atoms. The first-order chi connectivity index (χ1) is 11.0. The van der Waals surface area contributed by atoms with Crippen molar-refractivity contribution in [3.05, 3.63) is 35.9 Å². The van der Waals surface area contributed by atoms with Crippen LogP contribution in [-0.2, 0) is 14.6 Å². The van der Waals surface area contributed by atoms with Crippen molar-refractivity contribution in [1.82, 2.24) is 0 Å². The van der Waals surface area contributed by atoms with Gasteiger partial charge >= 0.3 is 0 Å². The average molecular weight is 326 g/mol. The molecule has 0 aromatic heterocycles. The maximum Gasteiger partial charge on any atom is 0.300 e. The molecule has 23 heavy (non-hydrogen) atoms. The number of benzene rings is 1. The van der Waals surface area contributed by atoms with Crippen LogP contribution in [0.1, 0.15) is 64.9 Å². The van der Waals surface area contributed by atoms with E-state index < -0.39 is 5.97 Å². The topological polar surface area (TPSA) is 55.8 Å². The summed E-state index contributed by atoms with van der Waals surface area (Å²) in [5.74, 6) is -0.833. The molecule has 1 N–H and O–H groups in total. The summed E-state index contributed by atoms with van der Waals surface area (Å²) in [7, 11) is 0. The van der Waals surface area contributed by atoms with Gasteiger partial charge in [0, 0.05) is 6.92 Å². The maximum absolute atomic E-state index is 9.00. The molecule has 1 aromatic carbocycles. The lowest BCUT2D eigenvalue weighted by Crippen LogP contribution is -2.05. The molecule has 4 nitrogen and oxygen atoms in total. The lowest BCUT2D eigenvalue weighted by molar-refractivity contribution is -0.312. The fraction of sp³-hybridized carbons (Fsp3) is 0.632. The van der Waals surface area contributed by atoms with Gasteiger partial charge in [0.15, 0.2) is 0 Å². The van der Waals surface area contributed by atoms with Gasteiger partial charge in [0.2, 0.25) is 0 Å². The molecule has 0 aliphatic carbocycles. The third-order valence-corrected chi connectivity index (χ3v) is 2.69. The number of unbranched alkanes of at least 4 members (excludes halogenated alkanes) is 3. The molecule has 1 aliphatic heterocycles. The van der Waals surface area contributed by atoms with Gasteiger partial charge in [0.1, 0.15) is 0 Å². The highest BCUT2D eigenvalue weighted by molar-refractivity contribution is 5.62. The molecule has 0 radical (unpaired) electrons. The summed E-state index contributed by atoms with van der Waals surface area (Å²) >= 11 is 0. The van der Waals surface area contributed by atoms with Crippen molar-refractivity contribution in [2.75, 3.05) is 13.2 Å². The minimum atomic E-state index is -0.833. The average Bonchev–Trinajstić information content (AvgIpc) is 2.56. The van der Waals surface area contributed by atoms with Gasteiger partial charge in [-0.15, -0.1) is 0 Å². The van der Waals surface area contributed by atoms with Crippen molar-refractivity contribution in [3.63, 3.8) is 0 Å². The van der Waals surface area contributed by atoms with Gasteiger partial charge in [-0.3, -0.25) is 4.79 Å². The summed E-state index contributed by atoms with van der Waals surface area (Å²) in [6, 6.07) is 10.3. The molecular formula is C19H34O4. The molecule has 0 atom stereocenters. The molecular weight excluding hydrogens is 292 g/mol.